The van der Waals surface area contributed by atoms with Gasteiger partial charge in [-0.05, 0) is 54.4 Å². The second-order valence-electron chi connectivity index (χ2n) is 4.81. The molecule has 0 aliphatic carbocycles. The van der Waals surface area contributed by atoms with Gasteiger partial charge in [0.15, 0.2) is 0 Å². The molecule has 0 bridgehead atoms. The van der Waals surface area contributed by atoms with Gasteiger partial charge in [0.1, 0.15) is 17.2 Å². The molecule has 1 unspecified atom stereocenters. The fourth-order valence-corrected chi connectivity index (χ4v) is 2.47. The Bertz CT molecular complexity index is 781. The summed E-state index contributed by atoms with van der Waals surface area (Å²) in [5.74, 6) is 0.299. The number of hydrogen-bond acceptors (Lipinski definition) is 2. The molecule has 2 N–H and O–H groups in total. The highest BCUT2D eigenvalue weighted by atomic mass is 35.5. The quantitative estimate of drug-likeness (QED) is 0.750. The minimum absolute atomic E-state index is 0.294. The van der Waals surface area contributed by atoms with E-state index in [1.54, 1.807) is 12.1 Å². The number of halogens is 2. The summed E-state index contributed by atoms with van der Waals surface area (Å²) in [5, 5.41) is 1.33. The van der Waals surface area contributed by atoms with Crippen LogP contribution in [0.5, 0.6) is 0 Å². The zero-order valence-corrected chi connectivity index (χ0v) is 11.6. The first kappa shape index (κ1) is 13.2. The summed E-state index contributed by atoms with van der Waals surface area (Å²) in [6.07, 6.45) is 0. The Morgan fingerprint density at radius 2 is 1.95 bits per heavy atom. The highest BCUT2D eigenvalue weighted by Gasteiger charge is 2.16. The summed E-state index contributed by atoms with van der Waals surface area (Å²) < 4.78 is 18.9. The lowest BCUT2D eigenvalue weighted by molar-refractivity contribution is 0.524. The predicted octanol–water partition coefficient (Wildman–Crippen LogP) is 4.58. The lowest BCUT2D eigenvalue weighted by atomic mass is 10.00. The molecule has 3 rings (SSSR count). The molecule has 0 spiro atoms. The second-order valence-corrected chi connectivity index (χ2v) is 5.25. The minimum atomic E-state index is -0.427. The van der Waals surface area contributed by atoms with Crippen molar-refractivity contribution in [2.75, 3.05) is 0 Å². The van der Waals surface area contributed by atoms with Gasteiger partial charge in [-0.2, -0.15) is 0 Å². The predicted molar refractivity (Wildman–Crippen MR) is 78.4 cm³/mol. The van der Waals surface area contributed by atoms with E-state index in [9.17, 15) is 4.39 Å². The van der Waals surface area contributed by atoms with Crippen molar-refractivity contribution in [3.05, 3.63) is 70.2 Å². The van der Waals surface area contributed by atoms with Crippen LogP contribution in [0.15, 0.2) is 46.9 Å². The third-order valence-electron chi connectivity index (χ3n) is 3.38. The van der Waals surface area contributed by atoms with E-state index in [-0.39, 0.29) is 5.82 Å². The highest BCUT2D eigenvalue weighted by molar-refractivity contribution is 6.30. The maximum atomic E-state index is 13.2. The van der Waals surface area contributed by atoms with Crippen LogP contribution in [-0.4, -0.2) is 0 Å². The van der Waals surface area contributed by atoms with Crippen LogP contribution in [0.2, 0.25) is 5.02 Å². The number of rotatable bonds is 2. The first-order chi connectivity index (χ1) is 9.54. The first-order valence-corrected chi connectivity index (χ1v) is 6.63. The average molecular weight is 290 g/mol. The normalized spacial score (nSPS) is 12.8. The SMILES string of the molecule is Cc1ccc(Cl)cc1C(N)c1cc2cc(F)ccc2o1. The Morgan fingerprint density at radius 3 is 2.75 bits per heavy atom. The Morgan fingerprint density at radius 1 is 1.15 bits per heavy atom. The molecule has 2 aromatic carbocycles. The van der Waals surface area contributed by atoms with E-state index in [4.69, 9.17) is 21.8 Å². The van der Waals surface area contributed by atoms with Gasteiger partial charge in [0.25, 0.3) is 0 Å². The van der Waals surface area contributed by atoms with Gasteiger partial charge < -0.3 is 10.2 Å². The van der Waals surface area contributed by atoms with Gasteiger partial charge in [0.05, 0.1) is 6.04 Å². The molecule has 20 heavy (non-hydrogen) atoms. The van der Waals surface area contributed by atoms with Gasteiger partial charge in [0.2, 0.25) is 0 Å². The van der Waals surface area contributed by atoms with Crippen molar-refractivity contribution in [3.63, 3.8) is 0 Å². The highest BCUT2D eigenvalue weighted by Crippen LogP contribution is 2.30. The molecule has 0 saturated carbocycles. The molecule has 4 heteroatoms. The van der Waals surface area contributed by atoms with Gasteiger partial charge in [-0.25, -0.2) is 4.39 Å². The fourth-order valence-electron chi connectivity index (χ4n) is 2.29. The fraction of sp³-hybridized carbons (Fsp3) is 0.125. The van der Waals surface area contributed by atoms with Crippen LogP contribution >= 0.6 is 11.6 Å². The molecular formula is C16H13ClFNO. The van der Waals surface area contributed by atoms with E-state index >= 15 is 0 Å². The van der Waals surface area contributed by atoms with E-state index in [1.807, 2.05) is 25.1 Å². The van der Waals surface area contributed by atoms with Crippen LogP contribution in [0.3, 0.4) is 0 Å². The number of fused-ring (bicyclic) bond motifs is 1. The molecule has 0 fully saturated rings. The van der Waals surface area contributed by atoms with Crippen molar-refractivity contribution < 1.29 is 8.81 Å². The van der Waals surface area contributed by atoms with Crippen molar-refractivity contribution >= 4 is 22.6 Å². The van der Waals surface area contributed by atoms with E-state index in [1.165, 1.54) is 12.1 Å². The van der Waals surface area contributed by atoms with E-state index in [0.29, 0.717) is 21.8 Å². The summed E-state index contributed by atoms with van der Waals surface area (Å²) in [5.41, 5.74) is 8.80. The lowest BCUT2D eigenvalue weighted by Gasteiger charge is -2.12. The Kier molecular flexibility index (Phi) is 3.24. The summed E-state index contributed by atoms with van der Waals surface area (Å²) in [6, 6.07) is 11.3. The Hall–Kier alpha value is -1.84. The summed E-state index contributed by atoms with van der Waals surface area (Å²) in [7, 11) is 0. The molecular weight excluding hydrogens is 277 g/mol. The number of hydrogen-bond donors (Lipinski definition) is 1. The van der Waals surface area contributed by atoms with Crippen LogP contribution < -0.4 is 5.73 Å². The number of aryl methyl sites for hydroxylation is 1. The second kappa shape index (κ2) is 4.93. The smallest absolute Gasteiger partial charge is 0.134 e. The summed E-state index contributed by atoms with van der Waals surface area (Å²) >= 11 is 6.01. The number of nitrogens with two attached hydrogens (primary N) is 1. The molecule has 0 aliphatic rings. The van der Waals surface area contributed by atoms with Crippen LogP contribution in [-0.2, 0) is 0 Å². The van der Waals surface area contributed by atoms with Crippen LogP contribution in [0.1, 0.15) is 22.9 Å². The van der Waals surface area contributed by atoms with E-state index in [2.05, 4.69) is 0 Å². The van der Waals surface area contributed by atoms with E-state index in [0.717, 1.165) is 11.1 Å². The first-order valence-electron chi connectivity index (χ1n) is 6.25. The van der Waals surface area contributed by atoms with Crippen LogP contribution in [0.4, 0.5) is 4.39 Å². The molecule has 102 valence electrons. The average Bonchev–Trinajstić information content (AvgIpc) is 2.83. The third-order valence-corrected chi connectivity index (χ3v) is 3.62. The zero-order chi connectivity index (χ0) is 14.3. The molecule has 0 radical (unpaired) electrons. The molecule has 3 aromatic rings. The minimum Gasteiger partial charge on any atom is -0.459 e. The van der Waals surface area contributed by atoms with Crippen LogP contribution in [0.25, 0.3) is 11.0 Å². The van der Waals surface area contributed by atoms with Gasteiger partial charge in [-0.3, -0.25) is 0 Å². The third kappa shape index (κ3) is 2.30. The van der Waals surface area contributed by atoms with Gasteiger partial charge >= 0.3 is 0 Å². The van der Waals surface area contributed by atoms with Gasteiger partial charge in [0, 0.05) is 10.4 Å². The Labute approximate surface area is 121 Å². The van der Waals surface area contributed by atoms with Crippen LogP contribution in [0, 0.1) is 12.7 Å². The monoisotopic (exact) mass is 289 g/mol. The lowest BCUT2D eigenvalue weighted by Crippen LogP contribution is -2.12. The molecule has 1 aromatic heterocycles. The Balaban J connectivity index is 2.07. The largest absolute Gasteiger partial charge is 0.459 e. The van der Waals surface area contributed by atoms with Crippen molar-refractivity contribution in [1.29, 1.82) is 0 Å². The summed E-state index contributed by atoms with van der Waals surface area (Å²) in [6.45, 7) is 1.97. The zero-order valence-electron chi connectivity index (χ0n) is 10.9. The van der Waals surface area contributed by atoms with Crippen molar-refractivity contribution in [3.8, 4) is 0 Å². The van der Waals surface area contributed by atoms with Crippen molar-refractivity contribution in [2.24, 2.45) is 5.73 Å². The molecule has 0 amide bonds. The van der Waals surface area contributed by atoms with E-state index < -0.39 is 6.04 Å². The standard InChI is InChI=1S/C16H13ClFNO/c1-9-2-3-11(17)8-13(9)16(19)15-7-10-6-12(18)4-5-14(10)20-15/h2-8,16H,19H2,1H3. The van der Waals surface area contributed by atoms with Crippen molar-refractivity contribution in [2.45, 2.75) is 13.0 Å². The molecule has 1 heterocycles. The maximum absolute atomic E-state index is 13.2. The number of benzene rings is 2. The molecule has 0 saturated heterocycles. The molecule has 2 nitrogen and oxygen atoms in total. The topological polar surface area (TPSA) is 39.2 Å². The summed E-state index contributed by atoms with van der Waals surface area (Å²) in [4.78, 5) is 0. The van der Waals surface area contributed by atoms with Crippen molar-refractivity contribution in [1.82, 2.24) is 0 Å². The molecule has 1 atom stereocenters. The van der Waals surface area contributed by atoms with Gasteiger partial charge in [-0.15, -0.1) is 0 Å². The maximum Gasteiger partial charge on any atom is 0.134 e. The number of furan rings is 1. The van der Waals surface area contributed by atoms with Gasteiger partial charge in [-0.1, -0.05) is 17.7 Å². The molecule has 0 aliphatic heterocycles.